The number of hydrogen-bond acceptors (Lipinski definition) is 3. The second-order valence-electron chi connectivity index (χ2n) is 1.84. The number of hydrogen-bond donors (Lipinski definition) is 2. The molecule has 0 aromatic carbocycles. The maximum Gasteiger partial charge on any atom is 0.267 e. The molecule has 4 nitrogen and oxygen atoms in total. The molecule has 0 aliphatic rings. The second kappa shape index (κ2) is 3.14. The molecule has 0 fully saturated rings. The first kappa shape index (κ1) is 8.87. The lowest BCUT2D eigenvalue weighted by Gasteiger charge is -2.02. The minimum absolute atomic E-state index is 0.0822. The fraction of sp³-hybridized carbons (Fsp3) is 1.00. The van der Waals surface area contributed by atoms with Gasteiger partial charge >= 0.3 is 0 Å². The van der Waals surface area contributed by atoms with Gasteiger partial charge in [-0.15, -0.1) is 0 Å². The lowest BCUT2D eigenvalue weighted by atomic mass is 10.4. The molecule has 1 unspecified atom stereocenters. The smallest absolute Gasteiger partial charge is 0.267 e. The van der Waals surface area contributed by atoms with Crippen LogP contribution in [0, 0.1) is 0 Å². The Morgan fingerprint density at radius 3 is 2.11 bits per heavy atom. The van der Waals surface area contributed by atoms with Gasteiger partial charge in [-0.3, -0.25) is 4.55 Å². The first-order chi connectivity index (χ1) is 3.98. The van der Waals surface area contributed by atoms with E-state index in [-0.39, 0.29) is 13.0 Å². The van der Waals surface area contributed by atoms with Crippen molar-refractivity contribution < 1.29 is 18.1 Å². The summed E-state index contributed by atoms with van der Waals surface area (Å²) < 4.78 is 28.6. The fourth-order valence-corrected chi connectivity index (χ4v) is 0.734. The summed E-state index contributed by atoms with van der Waals surface area (Å²) in [5, 5.41) is 7.37. The van der Waals surface area contributed by atoms with E-state index in [1.54, 1.807) is 0 Å². The largest absolute Gasteiger partial charge is 0.396 e. The van der Waals surface area contributed by atoms with Crippen molar-refractivity contribution >= 4 is 10.1 Å². The van der Waals surface area contributed by atoms with E-state index in [0.717, 1.165) is 0 Å². The van der Waals surface area contributed by atoms with Crippen LogP contribution in [0.2, 0.25) is 0 Å². The van der Waals surface area contributed by atoms with E-state index in [1.165, 1.54) is 6.92 Å². The van der Waals surface area contributed by atoms with Gasteiger partial charge in [-0.05, 0) is 13.3 Å². The van der Waals surface area contributed by atoms with Crippen molar-refractivity contribution in [1.82, 2.24) is 0 Å². The molecule has 56 valence electrons. The van der Waals surface area contributed by atoms with Crippen molar-refractivity contribution in [3.8, 4) is 0 Å². The highest BCUT2D eigenvalue weighted by Crippen LogP contribution is 2.00. The van der Waals surface area contributed by atoms with Crippen molar-refractivity contribution in [1.29, 1.82) is 0 Å². The summed E-state index contributed by atoms with van der Waals surface area (Å²) in [5.74, 6) is 0. The molecule has 0 saturated heterocycles. The molecule has 0 bridgehead atoms. The summed E-state index contributed by atoms with van der Waals surface area (Å²) >= 11 is 0. The minimum Gasteiger partial charge on any atom is -0.396 e. The van der Waals surface area contributed by atoms with Crippen LogP contribution in [0.5, 0.6) is 0 Å². The van der Waals surface area contributed by atoms with E-state index in [2.05, 4.69) is 0 Å². The van der Waals surface area contributed by atoms with Crippen molar-refractivity contribution in [3.05, 3.63) is 0 Å². The Labute approximate surface area is 54.3 Å². The van der Waals surface area contributed by atoms with Gasteiger partial charge in [0.25, 0.3) is 10.1 Å². The van der Waals surface area contributed by atoms with Crippen LogP contribution in [0.15, 0.2) is 0 Å². The first-order valence-electron chi connectivity index (χ1n) is 2.55. The van der Waals surface area contributed by atoms with E-state index in [9.17, 15) is 8.42 Å². The third-order valence-electron chi connectivity index (χ3n) is 1.04. The lowest BCUT2D eigenvalue weighted by molar-refractivity contribution is 0.284. The van der Waals surface area contributed by atoms with Crippen LogP contribution in [0.1, 0.15) is 13.3 Å². The molecule has 9 heavy (non-hydrogen) atoms. The first-order valence-corrected chi connectivity index (χ1v) is 4.06. The van der Waals surface area contributed by atoms with Gasteiger partial charge in [0.15, 0.2) is 0 Å². The highest BCUT2D eigenvalue weighted by Gasteiger charge is 2.15. The van der Waals surface area contributed by atoms with Crippen molar-refractivity contribution in [3.63, 3.8) is 0 Å². The zero-order valence-corrected chi connectivity index (χ0v) is 5.93. The van der Waals surface area contributed by atoms with Crippen LogP contribution in [-0.2, 0) is 10.1 Å². The SMILES string of the molecule is CC(CCO)S(=O)(=O)O. The van der Waals surface area contributed by atoms with Crippen LogP contribution < -0.4 is 0 Å². The van der Waals surface area contributed by atoms with Gasteiger partial charge in [-0.2, -0.15) is 8.42 Å². The van der Waals surface area contributed by atoms with E-state index in [4.69, 9.17) is 9.66 Å². The van der Waals surface area contributed by atoms with E-state index in [1.807, 2.05) is 0 Å². The monoisotopic (exact) mass is 154 g/mol. The maximum atomic E-state index is 10.2. The zero-order valence-electron chi connectivity index (χ0n) is 5.11. The second-order valence-corrected chi connectivity index (χ2v) is 3.67. The molecule has 0 heterocycles. The summed E-state index contributed by atoms with van der Waals surface area (Å²) in [5.41, 5.74) is 0. The van der Waals surface area contributed by atoms with Gasteiger partial charge in [0.1, 0.15) is 0 Å². The third-order valence-corrected chi connectivity index (χ3v) is 2.30. The average molecular weight is 154 g/mol. The molecule has 0 aliphatic heterocycles. The van der Waals surface area contributed by atoms with Gasteiger partial charge in [0.2, 0.25) is 0 Å². The Morgan fingerprint density at radius 1 is 1.56 bits per heavy atom. The Kier molecular flexibility index (Phi) is 3.10. The Hall–Kier alpha value is -0.130. The highest BCUT2D eigenvalue weighted by molar-refractivity contribution is 7.86. The Morgan fingerprint density at radius 2 is 2.00 bits per heavy atom. The van der Waals surface area contributed by atoms with Gasteiger partial charge in [-0.25, -0.2) is 0 Å². The van der Waals surface area contributed by atoms with Crippen molar-refractivity contribution in [2.24, 2.45) is 0 Å². The quantitative estimate of drug-likeness (QED) is 0.544. The van der Waals surface area contributed by atoms with Crippen LogP contribution in [0.3, 0.4) is 0 Å². The van der Waals surface area contributed by atoms with Crippen LogP contribution in [0.4, 0.5) is 0 Å². The van der Waals surface area contributed by atoms with E-state index < -0.39 is 15.4 Å². The molecule has 0 spiro atoms. The summed E-state index contributed by atoms with van der Waals surface area (Å²) in [6, 6.07) is 0. The van der Waals surface area contributed by atoms with Gasteiger partial charge in [-0.1, -0.05) is 0 Å². The summed E-state index contributed by atoms with van der Waals surface area (Å²) in [6.45, 7) is 1.12. The summed E-state index contributed by atoms with van der Waals surface area (Å²) in [6.07, 6.45) is 0.0822. The molecule has 1 atom stereocenters. The molecular formula is C4H10O4S. The van der Waals surface area contributed by atoms with Crippen molar-refractivity contribution in [2.45, 2.75) is 18.6 Å². The summed E-state index contributed by atoms with van der Waals surface area (Å²) in [4.78, 5) is 0. The molecule has 0 aliphatic carbocycles. The van der Waals surface area contributed by atoms with Gasteiger partial charge < -0.3 is 5.11 Å². The van der Waals surface area contributed by atoms with Crippen LogP contribution in [-0.4, -0.2) is 29.9 Å². The normalized spacial score (nSPS) is 15.4. The third kappa shape index (κ3) is 3.45. The fourth-order valence-electron chi connectivity index (χ4n) is 0.331. The van der Waals surface area contributed by atoms with Gasteiger partial charge in [0.05, 0.1) is 5.25 Å². The standard InChI is InChI=1S/C4H10O4S/c1-4(2-3-5)9(6,7)8/h4-5H,2-3H2,1H3,(H,6,7,8). The van der Waals surface area contributed by atoms with Crippen LogP contribution in [0.25, 0.3) is 0 Å². The molecular weight excluding hydrogens is 144 g/mol. The zero-order chi connectivity index (χ0) is 7.49. The lowest BCUT2D eigenvalue weighted by Crippen LogP contribution is -2.17. The van der Waals surface area contributed by atoms with E-state index in [0.29, 0.717) is 0 Å². The Balaban J connectivity index is 3.90. The minimum atomic E-state index is -3.92. The topological polar surface area (TPSA) is 74.6 Å². The van der Waals surface area contributed by atoms with Gasteiger partial charge in [0, 0.05) is 6.61 Å². The predicted octanol–water partition coefficient (Wildman–Crippen LogP) is -0.355. The highest BCUT2D eigenvalue weighted by atomic mass is 32.2. The maximum absolute atomic E-state index is 10.2. The van der Waals surface area contributed by atoms with Crippen molar-refractivity contribution in [2.75, 3.05) is 6.61 Å². The Bertz CT molecular complexity index is 159. The molecule has 0 amide bonds. The van der Waals surface area contributed by atoms with Crippen LogP contribution >= 0.6 is 0 Å². The molecule has 5 heteroatoms. The molecule has 0 radical (unpaired) electrons. The average Bonchev–Trinajstić information content (AvgIpc) is 1.64. The molecule has 0 rings (SSSR count). The number of aliphatic hydroxyl groups is 1. The molecule has 0 aromatic heterocycles. The van der Waals surface area contributed by atoms with E-state index >= 15 is 0 Å². The molecule has 2 N–H and O–H groups in total. The number of aliphatic hydroxyl groups excluding tert-OH is 1. The molecule has 0 aromatic rings. The predicted molar refractivity (Wildman–Crippen MR) is 32.7 cm³/mol. The molecule has 0 saturated carbocycles. The summed E-state index contributed by atoms with van der Waals surface area (Å²) in [7, 11) is -3.92. The number of rotatable bonds is 3.